The second-order valence-corrected chi connectivity index (χ2v) is 4.11. The van der Waals surface area contributed by atoms with Crippen molar-refractivity contribution in [3.63, 3.8) is 0 Å². The number of hydrogen-bond donors (Lipinski definition) is 3. The summed E-state index contributed by atoms with van der Waals surface area (Å²) in [6.45, 7) is 9.17. The quantitative estimate of drug-likeness (QED) is 0.574. The summed E-state index contributed by atoms with van der Waals surface area (Å²) < 4.78 is 0. The van der Waals surface area contributed by atoms with Crippen LogP contribution in [-0.2, 0) is 4.79 Å². The number of rotatable bonds is 9. The van der Waals surface area contributed by atoms with Gasteiger partial charge >= 0.3 is 12.0 Å². The Kier molecular flexibility index (Phi) is 9.00. The number of carboxylic acid groups (broad SMARTS) is 1. The molecule has 1 atom stereocenters. The van der Waals surface area contributed by atoms with Crippen LogP contribution in [0.5, 0.6) is 0 Å². The van der Waals surface area contributed by atoms with Gasteiger partial charge in [0, 0.05) is 13.1 Å². The van der Waals surface area contributed by atoms with E-state index in [1.54, 1.807) is 0 Å². The van der Waals surface area contributed by atoms with Crippen LogP contribution in [-0.4, -0.2) is 54.2 Å². The van der Waals surface area contributed by atoms with E-state index in [2.05, 4.69) is 29.4 Å². The SMILES string of the molecule is CCCC(NC(=O)NCCN(CC)CC)C(=O)O. The van der Waals surface area contributed by atoms with E-state index in [0.29, 0.717) is 13.0 Å². The summed E-state index contributed by atoms with van der Waals surface area (Å²) in [6, 6.07) is -1.22. The molecule has 0 radical (unpaired) electrons. The molecule has 0 aliphatic carbocycles. The number of nitrogens with one attached hydrogen (secondary N) is 2. The van der Waals surface area contributed by atoms with Crippen LogP contribution in [0.15, 0.2) is 0 Å². The number of carbonyl (C=O) groups excluding carboxylic acids is 1. The van der Waals surface area contributed by atoms with Crippen molar-refractivity contribution < 1.29 is 14.7 Å². The van der Waals surface area contributed by atoms with E-state index >= 15 is 0 Å². The Labute approximate surface area is 109 Å². The summed E-state index contributed by atoms with van der Waals surface area (Å²) in [6.07, 6.45) is 1.16. The molecule has 106 valence electrons. The highest BCUT2D eigenvalue weighted by molar-refractivity contribution is 5.82. The van der Waals surface area contributed by atoms with Gasteiger partial charge in [-0.3, -0.25) is 0 Å². The average Bonchev–Trinajstić information content (AvgIpc) is 2.34. The molecule has 0 fully saturated rings. The second kappa shape index (κ2) is 9.70. The molecule has 0 aliphatic rings. The van der Waals surface area contributed by atoms with Crippen molar-refractivity contribution in [2.24, 2.45) is 0 Å². The molecule has 1 unspecified atom stereocenters. The molecule has 0 aliphatic heterocycles. The van der Waals surface area contributed by atoms with Crippen molar-refractivity contribution in [2.45, 2.75) is 39.7 Å². The van der Waals surface area contributed by atoms with Crippen LogP contribution >= 0.6 is 0 Å². The number of nitrogens with zero attached hydrogens (tertiary/aromatic N) is 1. The van der Waals surface area contributed by atoms with Gasteiger partial charge in [0.25, 0.3) is 0 Å². The molecule has 0 rings (SSSR count). The fraction of sp³-hybridized carbons (Fsp3) is 0.833. The van der Waals surface area contributed by atoms with Gasteiger partial charge in [-0.2, -0.15) is 0 Å². The first-order valence-electron chi connectivity index (χ1n) is 6.54. The molecule has 0 saturated heterocycles. The average molecular weight is 259 g/mol. The summed E-state index contributed by atoms with van der Waals surface area (Å²) in [5.41, 5.74) is 0. The Balaban J connectivity index is 3.91. The van der Waals surface area contributed by atoms with Gasteiger partial charge in [0.15, 0.2) is 0 Å². The fourth-order valence-electron chi connectivity index (χ4n) is 1.62. The van der Waals surface area contributed by atoms with Crippen molar-refractivity contribution in [3.8, 4) is 0 Å². The zero-order valence-corrected chi connectivity index (χ0v) is 11.5. The Hall–Kier alpha value is -1.30. The molecule has 0 saturated carbocycles. The third kappa shape index (κ3) is 7.11. The number of aliphatic carboxylic acids is 1. The van der Waals surface area contributed by atoms with Crippen molar-refractivity contribution in [1.29, 1.82) is 0 Å². The molecule has 3 N–H and O–H groups in total. The van der Waals surface area contributed by atoms with E-state index in [9.17, 15) is 9.59 Å². The highest BCUT2D eigenvalue weighted by Crippen LogP contribution is 1.96. The Bertz CT molecular complexity index is 255. The van der Waals surface area contributed by atoms with E-state index in [1.807, 2.05) is 6.92 Å². The molecule has 0 aromatic heterocycles. The van der Waals surface area contributed by atoms with Crippen molar-refractivity contribution >= 4 is 12.0 Å². The molecule has 6 nitrogen and oxygen atoms in total. The molecule has 6 heteroatoms. The van der Waals surface area contributed by atoms with E-state index in [4.69, 9.17) is 5.11 Å². The zero-order valence-electron chi connectivity index (χ0n) is 11.5. The molecular formula is C12H25N3O3. The van der Waals surface area contributed by atoms with E-state index in [1.165, 1.54) is 0 Å². The van der Waals surface area contributed by atoms with Gasteiger partial charge in [0.2, 0.25) is 0 Å². The summed E-state index contributed by atoms with van der Waals surface area (Å²) >= 11 is 0. The minimum Gasteiger partial charge on any atom is -0.480 e. The third-order valence-corrected chi connectivity index (χ3v) is 2.79. The molecule has 0 aromatic carbocycles. The smallest absolute Gasteiger partial charge is 0.326 e. The normalized spacial score (nSPS) is 12.2. The van der Waals surface area contributed by atoms with Crippen LogP contribution in [0.25, 0.3) is 0 Å². The largest absolute Gasteiger partial charge is 0.480 e. The summed E-state index contributed by atoms with van der Waals surface area (Å²) in [5, 5.41) is 14.0. The molecule has 0 bridgehead atoms. The highest BCUT2D eigenvalue weighted by Gasteiger charge is 2.18. The van der Waals surface area contributed by atoms with Crippen LogP contribution in [0.2, 0.25) is 0 Å². The third-order valence-electron chi connectivity index (χ3n) is 2.79. The molecule has 2 amide bonds. The van der Waals surface area contributed by atoms with Crippen LogP contribution in [0.3, 0.4) is 0 Å². The minimum absolute atomic E-state index is 0.414. The molecular weight excluding hydrogens is 234 g/mol. The van der Waals surface area contributed by atoms with Gasteiger partial charge in [-0.25, -0.2) is 9.59 Å². The van der Waals surface area contributed by atoms with Crippen LogP contribution in [0.4, 0.5) is 4.79 Å². The van der Waals surface area contributed by atoms with Gasteiger partial charge in [0.1, 0.15) is 6.04 Å². The summed E-state index contributed by atoms with van der Waals surface area (Å²) in [7, 11) is 0. The lowest BCUT2D eigenvalue weighted by Gasteiger charge is -2.19. The molecule has 18 heavy (non-hydrogen) atoms. The number of hydrogen-bond acceptors (Lipinski definition) is 3. The maximum absolute atomic E-state index is 11.5. The van der Waals surface area contributed by atoms with E-state index in [0.717, 1.165) is 26.1 Å². The van der Waals surface area contributed by atoms with Gasteiger partial charge in [-0.15, -0.1) is 0 Å². The molecule has 0 aromatic rings. The van der Waals surface area contributed by atoms with Crippen LogP contribution in [0, 0.1) is 0 Å². The number of urea groups is 1. The zero-order chi connectivity index (χ0) is 14.0. The van der Waals surface area contributed by atoms with Crippen LogP contribution in [0.1, 0.15) is 33.6 Å². The van der Waals surface area contributed by atoms with E-state index < -0.39 is 18.0 Å². The lowest BCUT2D eigenvalue weighted by Crippen LogP contribution is -2.47. The Morgan fingerprint density at radius 2 is 1.83 bits per heavy atom. The highest BCUT2D eigenvalue weighted by atomic mass is 16.4. The van der Waals surface area contributed by atoms with E-state index in [-0.39, 0.29) is 0 Å². The van der Waals surface area contributed by atoms with Crippen LogP contribution < -0.4 is 10.6 Å². The van der Waals surface area contributed by atoms with Crippen molar-refractivity contribution in [3.05, 3.63) is 0 Å². The lowest BCUT2D eigenvalue weighted by atomic mass is 10.2. The second-order valence-electron chi connectivity index (χ2n) is 4.11. The Morgan fingerprint density at radius 1 is 1.22 bits per heavy atom. The number of amides is 2. The topological polar surface area (TPSA) is 81.7 Å². The van der Waals surface area contributed by atoms with Gasteiger partial charge in [-0.1, -0.05) is 27.2 Å². The number of likely N-dealkylation sites (N-methyl/N-ethyl adjacent to an activating group) is 1. The first-order valence-corrected chi connectivity index (χ1v) is 6.54. The van der Waals surface area contributed by atoms with Crippen molar-refractivity contribution in [2.75, 3.05) is 26.2 Å². The van der Waals surface area contributed by atoms with Gasteiger partial charge in [-0.05, 0) is 19.5 Å². The monoisotopic (exact) mass is 259 g/mol. The fourth-order valence-corrected chi connectivity index (χ4v) is 1.62. The Morgan fingerprint density at radius 3 is 2.28 bits per heavy atom. The number of carboxylic acids is 1. The maximum atomic E-state index is 11.5. The predicted molar refractivity (Wildman–Crippen MR) is 70.7 cm³/mol. The van der Waals surface area contributed by atoms with Gasteiger partial charge in [0.05, 0.1) is 0 Å². The first kappa shape index (κ1) is 16.7. The molecule has 0 heterocycles. The minimum atomic E-state index is -0.990. The summed E-state index contributed by atoms with van der Waals surface area (Å²) in [5.74, 6) is -0.990. The maximum Gasteiger partial charge on any atom is 0.326 e. The predicted octanol–water partition coefficient (Wildman–Crippen LogP) is 0.881. The lowest BCUT2D eigenvalue weighted by molar-refractivity contribution is -0.139. The van der Waals surface area contributed by atoms with Gasteiger partial charge < -0.3 is 20.6 Å². The number of carbonyl (C=O) groups is 2. The molecule has 0 spiro atoms. The van der Waals surface area contributed by atoms with Crippen molar-refractivity contribution in [1.82, 2.24) is 15.5 Å². The summed E-state index contributed by atoms with van der Waals surface area (Å²) in [4.78, 5) is 24.5. The first-order chi connectivity index (χ1) is 8.54. The standard InChI is InChI=1S/C12H25N3O3/c1-4-7-10(11(16)17)14-12(18)13-8-9-15(5-2)6-3/h10H,4-9H2,1-3H3,(H,16,17)(H2,13,14,18).